The summed E-state index contributed by atoms with van der Waals surface area (Å²) in [6.45, 7) is -0.516. The van der Waals surface area contributed by atoms with Crippen LogP contribution in [0.25, 0.3) is 0 Å². The SMILES string of the molecule is CN(Cc1ccccc1OC(F)(F)F)C(=O)Cn1ccc(=O)[nH]c1=O. The molecule has 0 aliphatic carbocycles. The van der Waals surface area contributed by atoms with Gasteiger partial charge < -0.3 is 9.64 Å². The number of rotatable bonds is 5. The van der Waals surface area contributed by atoms with E-state index in [9.17, 15) is 27.6 Å². The first-order valence-corrected chi connectivity index (χ1v) is 7.03. The summed E-state index contributed by atoms with van der Waals surface area (Å²) in [6, 6.07) is 6.53. The number of likely N-dealkylation sites (N-methyl/N-ethyl adjacent to an activating group) is 1. The molecule has 0 fully saturated rings. The second-order valence-electron chi connectivity index (χ2n) is 5.14. The van der Waals surface area contributed by atoms with E-state index in [2.05, 4.69) is 4.74 Å². The minimum atomic E-state index is -4.85. The molecule has 1 N–H and O–H groups in total. The van der Waals surface area contributed by atoms with Crippen molar-refractivity contribution in [1.82, 2.24) is 14.5 Å². The molecule has 0 aliphatic heterocycles. The quantitative estimate of drug-likeness (QED) is 0.868. The number of ether oxygens (including phenoxy) is 1. The molecule has 1 heterocycles. The summed E-state index contributed by atoms with van der Waals surface area (Å²) in [5.41, 5.74) is -1.19. The number of alkyl halides is 3. The highest BCUT2D eigenvalue weighted by molar-refractivity contribution is 5.75. The van der Waals surface area contributed by atoms with Crippen LogP contribution >= 0.6 is 0 Å². The molecule has 134 valence electrons. The van der Waals surface area contributed by atoms with Crippen LogP contribution in [0.1, 0.15) is 5.56 Å². The smallest absolute Gasteiger partial charge is 0.405 e. The van der Waals surface area contributed by atoms with E-state index in [-0.39, 0.29) is 18.7 Å². The second-order valence-corrected chi connectivity index (χ2v) is 5.14. The first-order valence-electron chi connectivity index (χ1n) is 7.03. The largest absolute Gasteiger partial charge is 0.573 e. The maximum atomic E-state index is 12.4. The Hall–Kier alpha value is -3.04. The monoisotopic (exact) mass is 357 g/mol. The molecule has 1 amide bonds. The van der Waals surface area contributed by atoms with Crippen molar-refractivity contribution >= 4 is 5.91 Å². The summed E-state index contributed by atoms with van der Waals surface area (Å²) in [5, 5.41) is 0. The zero-order valence-corrected chi connectivity index (χ0v) is 13.0. The number of hydrogen-bond donors (Lipinski definition) is 1. The Kier molecular flexibility index (Phi) is 5.30. The number of H-pyrrole nitrogens is 1. The third-order valence-corrected chi connectivity index (χ3v) is 3.23. The highest BCUT2D eigenvalue weighted by atomic mass is 19.4. The van der Waals surface area contributed by atoms with E-state index in [1.165, 1.54) is 25.2 Å². The fourth-order valence-corrected chi connectivity index (χ4v) is 2.04. The fourth-order valence-electron chi connectivity index (χ4n) is 2.04. The van der Waals surface area contributed by atoms with Crippen LogP contribution in [0.5, 0.6) is 5.75 Å². The number of benzene rings is 1. The van der Waals surface area contributed by atoms with Gasteiger partial charge in [-0.1, -0.05) is 18.2 Å². The molecule has 0 atom stereocenters. The molecule has 25 heavy (non-hydrogen) atoms. The lowest BCUT2D eigenvalue weighted by Gasteiger charge is -2.20. The van der Waals surface area contributed by atoms with Gasteiger partial charge in [0.1, 0.15) is 12.3 Å². The van der Waals surface area contributed by atoms with Gasteiger partial charge in [-0.2, -0.15) is 0 Å². The lowest BCUT2D eigenvalue weighted by molar-refractivity contribution is -0.275. The van der Waals surface area contributed by atoms with Crippen molar-refractivity contribution in [2.45, 2.75) is 19.5 Å². The Bertz CT molecular complexity index is 873. The highest BCUT2D eigenvalue weighted by Gasteiger charge is 2.32. The van der Waals surface area contributed by atoms with Crippen molar-refractivity contribution in [1.29, 1.82) is 0 Å². The van der Waals surface area contributed by atoms with Gasteiger partial charge in [-0.3, -0.25) is 19.1 Å². The van der Waals surface area contributed by atoms with Crippen molar-refractivity contribution in [2.24, 2.45) is 0 Å². The summed E-state index contributed by atoms with van der Waals surface area (Å²) in [7, 11) is 1.38. The van der Waals surface area contributed by atoms with E-state index in [0.29, 0.717) is 0 Å². The zero-order chi connectivity index (χ0) is 18.6. The van der Waals surface area contributed by atoms with Gasteiger partial charge in [0.05, 0.1) is 0 Å². The third-order valence-electron chi connectivity index (χ3n) is 3.23. The van der Waals surface area contributed by atoms with Crippen LogP contribution in [0.2, 0.25) is 0 Å². The lowest BCUT2D eigenvalue weighted by Crippen LogP contribution is -2.36. The van der Waals surface area contributed by atoms with Gasteiger partial charge >= 0.3 is 12.1 Å². The van der Waals surface area contributed by atoms with Crippen LogP contribution in [-0.4, -0.2) is 33.8 Å². The molecule has 0 bridgehead atoms. The van der Waals surface area contributed by atoms with Gasteiger partial charge in [-0.05, 0) is 6.07 Å². The molecule has 1 aromatic carbocycles. The third kappa shape index (κ3) is 5.23. The first-order chi connectivity index (χ1) is 11.7. The second kappa shape index (κ2) is 7.24. The van der Waals surface area contributed by atoms with Crippen LogP contribution < -0.4 is 16.0 Å². The molecule has 10 heteroatoms. The van der Waals surface area contributed by atoms with Crippen molar-refractivity contribution in [2.75, 3.05) is 7.05 Å². The van der Waals surface area contributed by atoms with Crippen molar-refractivity contribution in [3.8, 4) is 5.75 Å². The molecule has 7 nitrogen and oxygen atoms in total. The van der Waals surface area contributed by atoms with Crippen LogP contribution in [0.4, 0.5) is 13.2 Å². The Labute approximate surface area is 139 Å². The van der Waals surface area contributed by atoms with Gasteiger partial charge in [-0.15, -0.1) is 13.2 Å². The van der Waals surface area contributed by atoms with E-state index in [1.807, 2.05) is 4.98 Å². The van der Waals surface area contributed by atoms with E-state index >= 15 is 0 Å². The van der Waals surface area contributed by atoms with Crippen LogP contribution in [0.15, 0.2) is 46.1 Å². The Balaban J connectivity index is 2.11. The number of aromatic amines is 1. The number of carbonyl (C=O) groups excluding carboxylic acids is 1. The number of amides is 1. The number of nitrogens with one attached hydrogen (secondary N) is 1. The molecule has 0 spiro atoms. The number of aromatic nitrogens is 2. The normalized spacial score (nSPS) is 11.2. The van der Waals surface area contributed by atoms with E-state index < -0.39 is 29.3 Å². The summed E-state index contributed by atoms with van der Waals surface area (Å²) in [5.74, 6) is -0.938. The van der Waals surface area contributed by atoms with Crippen LogP contribution in [0, 0.1) is 0 Å². The van der Waals surface area contributed by atoms with Crippen LogP contribution in [-0.2, 0) is 17.9 Å². The summed E-state index contributed by atoms with van der Waals surface area (Å²) < 4.78 is 42.2. The Morgan fingerprint density at radius 2 is 1.92 bits per heavy atom. The van der Waals surface area contributed by atoms with Crippen molar-refractivity contribution in [3.05, 3.63) is 62.9 Å². The van der Waals surface area contributed by atoms with E-state index in [4.69, 9.17) is 0 Å². The van der Waals surface area contributed by atoms with Crippen molar-refractivity contribution < 1.29 is 22.7 Å². The molecular formula is C15H14F3N3O4. The standard InChI is InChI=1S/C15H14F3N3O4/c1-20(13(23)9-21-7-6-12(22)19-14(21)24)8-10-4-2-3-5-11(10)25-15(16,17)18/h2-7H,8-9H2,1H3,(H,19,22,24). The maximum Gasteiger partial charge on any atom is 0.573 e. The summed E-state index contributed by atoms with van der Waals surface area (Å²) in [6.07, 6.45) is -3.68. The topological polar surface area (TPSA) is 84.4 Å². The highest BCUT2D eigenvalue weighted by Crippen LogP contribution is 2.26. The molecule has 0 saturated heterocycles. The number of nitrogens with zero attached hydrogens (tertiary/aromatic N) is 2. The predicted molar refractivity (Wildman–Crippen MR) is 80.9 cm³/mol. The number of para-hydroxylation sites is 1. The van der Waals surface area contributed by atoms with Gasteiger partial charge in [0, 0.05) is 31.4 Å². The lowest BCUT2D eigenvalue weighted by atomic mass is 10.2. The van der Waals surface area contributed by atoms with Crippen molar-refractivity contribution in [3.63, 3.8) is 0 Å². The summed E-state index contributed by atoms with van der Waals surface area (Å²) >= 11 is 0. The predicted octanol–water partition coefficient (Wildman–Crippen LogP) is 1.09. The van der Waals surface area contributed by atoms with Crippen LogP contribution in [0.3, 0.4) is 0 Å². The van der Waals surface area contributed by atoms with Gasteiger partial charge in [0.25, 0.3) is 5.56 Å². The molecular weight excluding hydrogens is 343 g/mol. The first kappa shape index (κ1) is 18.3. The molecule has 0 unspecified atom stereocenters. The van der Waals surface area contributed by atoms with Gasteiger partial charge in [-0.25, -0.2) is 4.79 Å². The average molecular weight is 357 g/mol. The molecule has 2 rings (SSSR count). The maximum absolute atomic E-state index is 12.4. The Morgan fingerprint density at radius 1 is 1.24 bits per heavy atom. The zero-order valence-electron chi connectivity index (χ0n) is 13.0. The molecule has 1 aromatic heterocycles. The molecule has 0 radical (unpaired) electrons. The van der Waals surface area contributed by atoms with E-state index in [1.54, 1.807) is 0 Å². The minimum absolute atomic E-state index is 0.150. The molecule has 0 aliphatic rings. The fraction of sp³-hybridized carbons (Fsp3) is 0.267. The molecule has 2 aromatic rings. The van der Waals surface area contributed by atoms with E-state index in [0.717, 1.165) is 27.8 Å². The molecule has 0 saturated carbocycles. The average Bonchev–Trinajstić information content (AvgIpc) is 2.50. The van der Waals surface area contributed by atoms with Gasteiger partial charge in [0.2, 0.25) is 5.91 Å². The van der Waals surface area contributed by atoms with Gasteiger partial charge in [0.15, 0.2) is 0 Å². The summed E-state index contributed by atoms with van der Waals surface area (Å²) in [4.78, 5) is 37.9. The number of hydrogen-bond acceptors (Lipinski definition) is 4. The number of halogens is 3. The number of carbonyl (C=O) groups is 1. The minimum Gasteiger partial charge on any atom is -0.405 e. The Morgan fingerprint density at radius 3 is 2.56 bits per heavy atom.